The molecule has 0 saturated carbocycles. The molecule has 0 aliphatic rings. The van der Waals surface area contributed by atoms with Crippen LogP contribution in [0.5, 0.6) is 5.75 Å². The monoisotopic (exact) mass is 285 g/mol. The van der Waals surface area contributed by atoms with E-state index in [1.165, 1.54) is 0 Å². The van der Waals surface area contributed by atoms with Crippen molar-refractivity contribution in [2.24, 2.45) is 0 Å². The van der Waals surface area contributed by atoms with Gasteiger partial charge < -0.3 is 15.2 Å². The molecule has 2 unspecified atom stereocenters. The lowest BCUT2D eigenvalue weighted by molar-refractivity contribution is -0.123. The summed E-state index contributed by atoms with van der Waals surface area (Å²) in [6.45, 7) is 5.36. The first-order valence-electron chi connectivity index (χ1n) is 6.25. The number of aliphatic hydroxyl groups is 1. The van der Waals surface area contributed by atoms with E-state index in [1.54, 1.807) is 25.1 Å². The highest BCUT2D eigenvalue weighted by atomic mass is 35.5. The van der Waals surface area contributed by atoms with E-state index in [4.69, 9.17) is 16.3 Å². The van der Waals surface area contributed by atoms with Crippen LogP contribution < -0.4 is 10.1 Å². The van der Waals surface area contributed by atoms with Gasteiger partial charge in [-0.2, -0.15) is 0 Å². The normalized spacial score (nSPS) is 13.7. The van der Waals surface area contributed by atoms with Crippen LogP contribution in [0.2, 0.25) is 5.02 Å². The van der Waals surface area contributed by atoms with Gasteiger partial charge in [-0.05, 0) is 51.0 Å². The van der Waals surface area contributed by atoms with Crippen molar-refractivity contribution in [2.75, 3.05) is 6.61 Å². The number of carbonyl (C=O) groups excluding carboxylic acids is 1. The molecule has 1 aromatic carbocycles. The number of hydrogen-bond acceptors (Lipinski definition) is 3. The van der Waals surface area contributed by atoms with E-state index in [0.29, 0.717) is 17.2 Å². The molecule has 19 heavy (non-hydrogen) atoms. The molecule has 106 valence electrons. The number of halogens is 1. The minimum Gasteiger partial charge on any atom is -0.484 e. The van der Waals surface area contributed by atoms with Gasteiger partial charge in [0.25, 0.3) is 5.91 Å². The van der Waals surface area contributed by atoms with Crippen molar-refractivity contribution in [3.8, 4) is 5.75 Å². The molecule has 0 aromatic heterocycles. The fourth-order valence-electron chi connectivity index (χ4n) is 1.81. The summed E-state index contributed by atoms with van der Waals surface area (Å²) in [6.07, 6.45) is 0.0841. The van der Waals surface area contributed by atoms with Crippen molar-refractivity contribution >= 4 is 17.5 Å². The average molecular weight is 286 g/mol. The predicted octanol–water partition coefficient (Wildman–Crippen LogP) is 2.30. The molecular weight excluding hydrogens is 266 g/mol. The zero-order chi connectivity index (χ0) is 14.4. The van der Waals surface area contributed by atoms with Gasteiger partial charge in [0.05, 0.1) is 6.10 Å². The van der Waals surface area contributed by atoms with Crippen molar-refractivity contribution in [3.05, 3.63) is 28.8 Å². The van der Waals surface area contributed by atoms with Crippen molar-refractivity contribution < 1.29 is 14.6 Å². The summed E-state index contributed by atoms with van der Waals surface area (Å²) in [6, 6.07) is 5.16. The van der Waals surface area contributed by atoms with E-state index in [0.717, 1.165) is 5.56 Å². The molecule has 0 saturated heterocycles. The van der Waals surface area contributed by atoms with Crippen molar-refractivity contribution in [1.29, 1.82) is 0 Å². The summed E-state index contributed by atoms with van der Waals surface area (Å²) in [5.74, 6) is 0.435. The van der Waals surface area contributed by atoms with E-state index in [9.17, 15) is 9.90 Å². The summed E-state index contributed by atoms with van der Waals surface area (Å²) >= 11 is 5.84. The van der Waals surface area contributed by atoms with E-state index < -0.39 is 6.10 Å². The fraction of sp³-hybridized carbons (Fsp3) is 0.500. The van der Waals surface area contributed by atoms with Crippen LogP contribution in [0.15, 0.2) is 18.2 Å². The van der Waals surface area contributed by atoms with Crippen LogP contribution in [0.3, 0.4) is 0 Å². The highest BCUT2D eigenvalue weighted by Crippen LogP contribution is 2.21. The Morgan fingerprint density at radius 3 is 2.74 bits per heavy atom. The summed E-state index contributed by atoms with van der Waals surface area (Å²) in [5.41, 5.74) is 0.886. The average Bonchev–Trinajstić information content (AvgIpc) is 2.26. The Morgan fingerprint density at radius 2 is 2.16 bits per heavy atom. The maximum atomic E-state index is 11.6. The Morgan fingerprint density at radius 1 is 1.47 bits per heavy atom. The number of carbonyl (C=O) groups is 1. The van der Waals surface area contributed by atoms with Gasteiger partial charge in [0.2, 0.25) is 0 Å². The molecule has 0 fully saturated rings. The van der Waals surface area contributed by atoms with Crippen molar-refractivity contribution in [2.45, 2.75) is 39.3 Å². The molecule has 0 spiro atoms. The van der Waals surface area contributed by atoms with Gasteiger partial charge in [-0.15, -0.1) is 0 Å². The van der Waals surface area contributed by atoms with Crippen LogP contribution in [0.1, 0.15) is 25.8 Å². The summed E-state index contributed by atoms with van der Waals surface area (Å²) in [7, 11) is 0. The van der Waals surface area contributed by atoms with Crippen LogP contribution >= 0.6 is 11.6 Å². The number of rotatable bonds is 6. The second kappa shape index (κ2) is 7.36. The Kier molecular flexibility index (Phi) is 6.12. The number of aryl methyl sites for hydroxylation is 1. The molecule has 1 amide bonds. The van der Waals surface area contributed by atoms with E-state index in [2.05, 4.69) is 5.32 Å². The molecule has 1 rings (SSSR count). The Bertz CT molecular complexity index is 435. The Labute approximate surface area is 118 Å². The zero-order valence-corrected chi connectivity index (χ0v) is 12.2. The SMILES string of the molecule is Cc1cc(Cl)ccc1OCC(=O)NC(C)CC(C)O. The van der Waals surface area contributed by atoms with Crippen LogP contribution in [0, 0.1) is 6.92 Å². The van der Waals surface area contributed by atoms with Gasteiger partial charge in [0.15, 0.2) is 6.61 Å². The molecule has 0 heterocycles. The lowest BCUT2D eigenvalue weighted by Crippen LogP contribution is -2.37. The van der Waals surface area contributed by atoms with Crippen LogP contribution in [-0.2, 0) is 4.79 Å². The first kappa shape index (κ1) is 15.8. The summed E-state index contributed by atoms with van der Waals surface area (Å²) in [4.78, 5) is 11.6. The lowest BCUT2D eigenvalue weighted by Gasteiger charge is -2.16. The summed E-state index contributed by atoms with van der Waals surface area (Å²) in [5, 5.41) is 12.6. The third kappa shape index (κ3) is 5.94. The smallest absolute Gasteiger partial charge is 0.258 e. The summed E-state index contributed by atoms with van der Waals surface area (Å²) < 4.78 is 5.43. The molecule has 0 aliphatic carbocycles. The number of nitrogens with one attached hydrogen (secondary N) is 1. The van der Waals surface area contributed by atoms with Gasteiger partial charge in [0.1, 0.15) is 5.75 Å². The largest absolute Gasteiger partial charge is 0.484 e. The number of amides is 1. The third-order valence-electron chi connectivity index (χ3n) is 2.60. The maximum Gasteiger partial charge on any atom is 0.258 e. The number of aliphatic hydroxyl groups excluding tert-OH is 1. The number of hydrogen-bond donors (Lipinski definition) is 2. The second-order valence-electron chi connectivity index (χ2n) is 4.75. The first-order valence-corrected chi connectivity index (χ1v) is 6.62. The Hall–Kier alpha value is -1.26. The highest BCUT2D eigenvalue weighted by molar-refractivity contribution is 6.30. The van der Waals surface area contributed by atoms with Crippen molar-refractivity contribution in [3.63, 3.8) is 0 Å². The number of benzene rings is 1. The van der Waals surface area contributed by atoms with Gasteiger partial charge in [0, 0.05) is 11.1 Å². The molecule has 5 heteroatoms. The number of ether oxygens (including phenoxy) is 1. The minimum atomic E-state index is -0.435. The van der Waals surface area contributed by atoms with Gasteiger partial charge in [-0.3, -0.25) is 4.79 Å². The quantitative estimate of drug-likeness (QED) is 0.843. The standard InChI is InChI=1S/C14H20ClNO3/c1-9-6-12(15)4-5-13(9)19-8-14(18)16-10(2)7-11(3)17/h4-6,10-11,17H,7-8H2,1-3H3,(H,16,18). The van der Waals surface area contributed by atoms with Crippen molar-refractivity contribution in [1.82, 2.24) is 5.32 Å². The van der Waals surface area contributed by atoms with E-state index in [1.807, 2.05) is 13.8 Å². The molecule has 0 bridgehead atoms. The minimum absolute atomic E-state index is 0.0490. The molecular formula is C14H20ClNO3. The van der Waals surface area contributed by atoms with Gasteiger partial charge in [-0.1, -0.05) is 11.6 Å². The molecule has 0 radical (unpaired) electrons. The zero-order valence-electron chi connectivity index (χ0n) is 11.4. The molecule has 2 atom stereocenters. The van der Waals surface area contributed by atoms with Crippen LogP contribution in [0.25, 0.3) is 0 Å². The maximum absolute atomic E-state index is 11.6. The fourth-order valence-corrected chi connectivity index (χ4v) is 2.03. The van der Waals surface area contributed by atoms with E-state index >= 15 is 0 Å². The van der Waals surface area contributed by atoms with Crippen LogP contribution in [0.4, 0.5) is 0 Å². The molecule has 4 nitrogen and oxygen atoms in total. The lowest BCUT2D eigenvalue weighted by atomic mass is 10.1. The molecule has 0 aliphatic heterocycles. The molecule has 2 N–H and O–H groups in total. The molecule has 1 aromatic rings. The predicted molar refractivity (Wildman–Crippen MR) is 75.6 cm³/mol. The van der Waals surface area contributed by atoms with Gasteiger partial charge >= 0.3 is 0 Å². The van der Waals surface area contributed by atoms with Crippen LogP contribution in [-0.4, -0.2) is 29.8 Å². The van der Waals surface area contributed by atoms with Gasteiger partial charge in [-0.25, -0.2) is 0 Å². The van der Waals surface area contributed by atoms with E-state index in [-0.39, 0.29) is 18.6 Å². The first-order chi connectivity index (χ1) is 8.88. The third-order valence-corrected chi connectivity index (χ3v) is 2.83. The second-order valence-corrected chi connectivity index (χ2v) is 5.19. The topological polar surface area (TPSA) is 58.6 Å². The highest BCUT2D eigenvalue weighted by Gasteiger charge is 2.11. The Balaban J connectivity index is 2.41.